The summed E-state index contributed by atoms with van der Waals surface area (Å²) in [5, 5.41) is 3.84. The molecule has 3 heteroatoms. The van der Waals surface area contributed by atoms with Crippen molar-refractivity contribution in [1.82, 2.24) is 15.1 Å². The van der Waals surface area contributed by atoms with Crippen LogP contribution in [0.1, 0.15) is 40.0 Å². The van der Waals surface area contributed by atoms with Crippen molar-refractivity contribution in [3.05, 3.63) is 0 Å². The van der Waals surface area contributed by atoms with Crippen LogP contribution < -0.4 is 5.32 Å². The van der Waals surface area contributed by atoms with E-state index in [4.69, 9.17) is 0 Å². The standard InChI is InChI=1S/C16H33N3/c1-13(11-19-7-5-6-8-19)10-17-16-9-15(3)18(4)12-14(16)2/h13-17H,5-12H2,1-4H3. The third-order valence-electron chi connectivity index (χ3n) is 5.11. The predicted octanol–water partition coefficient (Wildman–Crippen LogP) is 2.04. The van der Waals surface area contributed by atoms with E-state index in [9.17, 15) is 0 Å². The van der Waals surface area contributed by atoms with Gasteiger partial charge in [-0.1, -0.05) is 13.8 Å². The third-order valence-corrected chi connectivity index (χ3v) is 5.11. The van der Waals surface area contributed by atoms with Gasteiger partial charge in [-0.25, -0.2) is 0 Å². The Morgan fingerprint density at radius 1 is 1.21 bits per heavy atom. The van der Waals surface area contributed by atoms with Crippen LogP contribution in [-0.2, 0) is 0 Å². The molecule has 3 nitrogen and oxygen atoms in total. The first-order chi connectivity index (χ1) is 9.06. The van der Waals surface area contributed by atoms with Gasteiger partial charge < -0.3 is 15.1 Å². The summed E-state index contributed by atoms with van der Waals surface area (Å²) in [6.07, 6.45) is 4.11. The lowest BCUT2D eigenvalue weighted by Crippen LogP contribution is -2.51. The fourth-order valence-electron chi connectivity index (χ4n) is 3.65. The van der Waals surface area contributed by atoms with Crippen LogP contribution in [0.3, 0.4) is 0 Å². The van der Waals surface area contributed by atoms with Crippen LogP contribution in [0.25, 0.3) is 0 Å². The molecule has 4 unspecified atom stereocenters. The Bertz CT molecular complexity index is 263. The van der Waals surface area contributed by atoms with Crippen LogP contribution in [0, 0.1) is 11.8 Å². The Balaban J connectivity index is 1.68. The molecular formula is C16H33N3. The van der Waals surface area contributed by atoms with E-state index in [0.717, 1.165) is 17.9 Å². The monoisotopic (exact) mass is 267 g/mol. The smallest absolute Gasteiger partial charge is 0.0120 e. The molecule has 0 aromatic carbocycles. The zero-order valence-electron chi connectivity index (χ0n) is 13.4. The van der Waals surface area contributed by atoms with E-state index in [1.807, 2.05) is 0 Å². The molecule has 2 heterocycles. The number of hydrogen-bond donors (Lipinski definition) is 1. The molecule has 0 radical (unpaired) electrons. The van der Waals surface area contributed by atoms with Crippen LogP contribution in [0.4, 0.5) is 0 Å². The topological polar surface area (TPSA) is 18.5 Å². The van der Waals surface area contributed by atoms with E-state index in [-0.39, 0.29) is 0 Å². The minimum atomic E-state index is 0.715. The van der Waals surface area contributed by atoms with Crippen molar-refractivity contribution < 1.29 is 0 Å². The Morgan fingerprint density at radius 3 is 2.58 bits per heavy atom. The van der Waals surface area contributed by atoms with Gasteiger partial charge in [-0.2, -0.15) is 0 Å². The molecule has 0 aromatic rings. The number of likely N-dealkylation sites (tertiary alicyclic amines) is 2. The van der Waals surface area contributed by atoms with E-state index < -0.39 is 0 Å². The maximum atomic E-state index is 3.84. The van der Waals surface area contributed by atoms with Gasteiger partial charge in [-0.3, -0.25) is 0 Å². The molecule has 2 aliphatic heterocycles. The molecule has 0 saturated carbocycles. The third kappa shape index (κ3) is 4.44. The highest BCUT2D eigenvalue weighted by Gasteiger charge is 2.28. The Kier molecular flexibility index (Phi) is 5.67. The Labute approximate surface area is 119 Å². The first-order valence-corrected chi connectivity index (χ1v) is 8.22. The lowest BCUT2D eigenvalue weighted by molar-refractivity contribution is 0.118. The van der Waals surface area contributed by atoms with Gasteiger partial charge in [-0.05, 0) is 64.7 Å². The minimum Gasteiger partial charge on any atom is -0.313 e. The maximum absolute atomic E-state index is 3.84. The molecule has 0 aliphatic carbocycles. The van der Waals surface area contributed by atoms with Crippen LogP contribution in [-0.4, -0.2) is 61.7 Å². The molecule has 2 aliphatic rings. The zero-order valence-corrected chi connectivity index (χ0v) is 13.4. The number of piperidine rings is 1. The second-order valence-electron chi connectivity index (χ2n) is 7.13. The van der Waals surface area contributed by atoms with Gasteiger partial charge in [0.05, 0.1) is 0 Å². The van der Waals surface area contributed by atoms with Crippen LogP contribution in [0.2, 0.25) is 0 Å². The molecule has 19 heavy (non-hydrogen) atoms. The quantitative estimate of drug-likeness (QED) is 0.822. The molecule has 2 rings (SSSR count). The van der Waals surface area contributed by atoms with E-state index in [0.29, 0.717) is 6.04 Å². The van der Waals surface area contributed by atoms with Crippen molar-refractivity contribution in [2.45, 2.75) is 52.1 Å². The average molecular weight is 267 g/mol. The molecule has 112 valence electrons. The molecule has 2 fully saturated rings. The number of nitrogens with zero attached hydrogens (tertiary/aromatic N) is 2. The van der Waals surface area contributed by atoms with Crippen molar-refractivity contribution in [2.75, 3.05) is 39.8 Å². The molecule has 0 amide bonds. The fourth-order valence-corrected chi connectivity index (χ4v) is 3.65. The number of nitrogens with one attached hydrogen (secondary N) is 1. The fraction of sp³-hybridized carbons (Fsp3) is 1.00. The predicted molar refractivity (Wildman–Crippen MR) is 82.5 cm³/mol. The molecule has 0 bridgehead atoms. The highest BCUT2D eigenvalue weighted by Crippen LogP contribution is 2.21. The summed E-state index contributed by atoms with van der Waals surface area (Å²) in [7, 11) is 2.26. The lowest BCUT2D eigenvalue weighted by atomic mass is 9.89. The summed E-state index contributed by atoms with van der Waals surface area (Å²) >= 11 is 0. The second-order valence-corrected chi connectivity index (χ2v) is 7.13. The summed E-state index contributed by atoms with van der Waals surface area (Å²) in [5.41, 5.74) is 0. The molecule has 0 aromatic heterocycles. The highest BCUT2D eigenvalue weighted by molar-refractivity contribution is 4.86. The van der Waals surface area contributed by atoms with Gasteiger partial charge in [0, 0.05) is 25.2 Å². The SMILES string of the molecule is CC(CNC1CC(C)N(C)CC1C)CN1CCCC1. The van der Waals surface area contributed by atoms with E-state index in [1.54, 1.807) is 0 Å². The molecule has 2 saturated heterocycles. The average Bonchev–Trinajstić information content (AvgIpc) is 2.85. The Hall–Kier alpha value is -0.120. The van der Waals surface area contributed by atoms with Crippen molar-refractivity contribution >= 4 is 0 Å². The van der Waals surface area contributed by atoms with Gasteiger partial charge in [-0.15, -0.1) is 0 Å². The molecular weight excluding hydrogens is 234 g/mol. The summed E-state index contributed by atoms with van der Waals surface area (Å²) in [5.74, 6) is 1.56. The Morgan fingerprint density at radius 2 is 1.89 bits per heavy atom. The molecule has 0 spiro atoms. The summed E-state index contributed by atoms with van der Waals surface area (Å²) < 4.78 is 0. The summed E-state index contributed by atoms with van der Waals surface area (Å²) in [6.45, 7) is 13.5. The van der Waals surface area contributed by atoms with E-state index in [2.05, 4.69) is 42.9 Å². The van der Waals surface area contributed by atoms with Gasteiger partial charge in [0.25, 0.3) is 0 Å². The van der Waals surface area contributed by atoms with Gasteiger partial charge in [0.1, 0.15) is 0 Å². The van der Waals surface area contributed by atoms with Crippen molar-refractivity contribution in [2.24, 2.45) is 11.8 Å². The normalized spacial score (nSPS) is 35.7. The van der Waals surface area contributed by atoms with Gasteiger partial charge >= 0.3 is 0 Å². The number of hydrogen-bond acceptors (Lipinski definition) is 3. The van der Waals surface area contributed by atoms with Gasteiger partial charge in [0.15, 0.2) is 0 Å². The highest BCUT2D eigenvalue weighted by atomic mass is 15.2. The van der Waals surface area contributed by atoms with Crippen LogP contribution >= 0.6 is 0 Å². The van der Waals surface area contributed by atoms with Crippen LogP contribution in [0.15, 0.2) is 0 Å². The summed E-state index contributed by atoms with van der Waals surface area (Å²) in [4.78, 5) is 5.13. The first kappa shape index (κ1) is 15.3. The van der Waals surface area contributed by atoms with Crippen molar-refractivity contribution in [1.29, 1.82) is 0 Å². The summed E-state index contributed by atoms with van der Waals surface area (Å²) in [6, 6.07) is 1.44. The largest absolute Gasteiger partial charge is 0.313 e. The van der Waals surface area contributed by atoms with E-state index >= 15 is 0 Å². The zero-order chi connectivity index (χ0) is 13.8. The first-order valence-electron chi connectivity index (χ1n) is 8.22. The minimum absolute atomic E-state index is 0.715. The number of rotatable bonds is 5. The molecule has 1 N–H and O–H groups in total. The van der Waals surface area contributed by atoms with Crippen molar-refractivity contribution in [3.63, 3.8) is 0 Å². The second kappa shape index (κ2) is 7.05. The maximum Gasteiger partial charge on any atom is 0.0120 e. The van der Waals surface area contributed by atoms with Crippen LogP contribution in [0.5, 0.6) is 0 Å². The van der Waals surface area contributed by atoms with Gasteiger partial charge in [0.2, 0.25) is 0 Å². The van der Waals surface area contributed by atoms with Crippen molar-refractivity contribution in [3.8, 4) is 0 Å². The van der Waals surface area contributed by atoms with E-state index in [1.165, 1.54) is 52.0 Å². The lowest BCUT2D eigenvalue weighted by Gasteiger charge is -2.40. The molecule has 4 atom stereocenters.